The third kappa shape index (κ3) is 4.15. The van der Waals surface area contributed by atoms with Crippen LogP contribution in [0.25, 0.3) is 10.9 Å². The third-order valence-corrected chi connectivity index (χ3v) is 4.84. The number of aliphatic hydroxyl groups excluding tert-OH is 1. The summed E-state index contributed by atoms with van der Waals surface area (Å²) in [7, 11) is 1.94. The molecule has 0 fully saturated rings. The summed E-state index contributed by atoms with van der Waals surface area (Å²) in [6.45, 7) is 0.134. The Hall–Kier alpha value is -3.57. The molecule has 0 aliphatic heterocycles. The molecule has 0 bridgehead atoms. The Morgan fingerprint density at radius 3 is 2.38 bits per heavy atom. The number of nitrogens with zero attached hydrogens (tertiary/aromatic N) is 1. The van der Waals surface area contributed by atoms with Crippen molar-refractivity contribution >= 4 is 16.8 Å². The van der Waals surface area contributed by atoms with Gasteiger partial charge in [0.1, 0.15) is 11.5 Å². The normalized spacial score (nSPS) is 11.9. The third-order valence-electron chi connectivity index (χ3n) is 4.84. The lowest BCUT2D eigenvalue weighted by molar-refractivity contribution is 0.0917. The van der Waals surface area contributed by atoms with Crippen molar-refractivity contribution in [1.82, 2.24) is 9.88 Å². The topological polar surface area (TPSA) is 63.5 Å². The van der Waals surface area contributed by atoms with Crippen LogP contribution in [0.1, 0.15) is 22.0 Å². The zero-order valence-electron chi connectivity index (χ0n) is 16.1. The van der Waals surface area contributed by atoms with E-state index in [1.165, 1.54) is 0 Å². The molecule has 0 aliphatic carbocycles. The number of fused-ring (bicyclic) bond motifs is 1. The van der Waals surface area contributed by atoms with E-state index < -0.39 is 6.10 Å². The van der Waals surface area contributed by atoms with Crippen molar-refractivity contribution in [3.8, 4) is 11.5 Å². The van der Waals surface area contributed by atoms with E-state index in [0.717, 1.165) is 22.2 Å². The molecule has 0 saturated heterocycles. The summed E-state index contributed by atoms with van der Waals surface area (Å²) in [5.41, 5.74) is 2.35. The first-order valence-corrected chi connectivity index (χ1v) is 9.45. The molecule has 2 N–H and O–H groups in total. The molecule has 3 aromatic carbocycles. The molecule has 1 heterocycles. The molecule has 1 amide bonds. The number of benzene rings is 3. The number of amides is 1. The molecule has 1 atom stereocenters. The molecule has 29 heavy (non-hydrogen) atoms. The molecule has 0 aliphatic rings. The lowest BCUT2D eigenvalue weighted by Gasteiger charge is -2.12. The number of aryl methyl sites for hydroxylation is 1. The second-order valence-electron chi connectivity index (χ2n) is 6.88. The van der Waals surface area contributed by atoms with Gasteiger partial charge in [0.15, 0.2) is 0 Å². The molecule has 1 unspecified atom stereocenters. The minimum atomic E-state index is -0.786. The predicted octanol–water partition coefficient (Wildman–Crippen LogP) is 4.43. The quantitative estimate of drug-likeness (QED) is 0.515. The molecule has 146 valence electrons. The van der Waals surface area contributed by atoms with E-state index in [1.807, 2.05) is 72.4 Å². The molecule has 5 heteroatoms. The zero-order chi connectivity index (χ0) is 20.2. The van der Waals surface area contributed by atoms with Crippen molar-refractivity contribution in [3.63, 3.8) is 0 Å². The first-order chi connectivity index (χ1) is 14.1. The minimum absolute atomic E-state index is 0.134. The second kappa shape index (κ2) is 8.20. The Labute approximate surface area is 169 Å². The van der Waals surface area contributed by atoms with Gasteiger partial charge in [0, 0.05) is 41.8 Å². The number of carbonyl (C=O) groups excluding carboxylic acids is 1. The Balaban J connectivity index is 1.39. The Kier molecular flexibility index (Phi) is 5.31. The minimum Gasteiger partial charge on any atom is -0.457 e. The summed E-state index contributed by atoms with van der Waals surface area (Å²) in [4.78, 5) is 12.5. The zero-order valence-corrected chi connectivity index (χ0v) is 16.1. The average molecular weight is 386 g/mol. The number of aliphatic hydroxyl groups is 1. The van der Waals surface area contributed by atoms with E-state index in [-0.39, 0.29) is 12.5 Å². The SMILES string of the molecule is Cn1cc(C(O)CNC(=O)c2ccc(Oc3ccccc3)cc2)c2ccccc21. The van der Waals surface area contributed by atoms with E-state index in [4.69, 9.17) is 4.74 Å². The van der Waals surface area contributed by atoms with Gasteiger partial charge in [-0.1, -0.05) is 36.4 Å². The van der Waals surface area contributed by atoms with Gasteiger partial charge >= 0.3 is 0 Å². The summed E-state index contributed by atoms with van der Waals surface area (Å²) in [6, 6.07) is 24.3. The van der Waals surface area contributed by atoms with Crippen molar-refractivity contribution < 1.29 is 14.6 Å². The van der Waals surface area contributed by atoms with Crippen LogP contribution in [-0.4, -0.2) is 22.1 Å². The van der Waals surface area contributed by atoms with Gasteiger partial charge in [0.05, 0.1) is 6.10 Å². The number of ether oxygens (including phenoxy) is 1. The lowest BCUT2D eigenvalue weighted by Crippen LogP contribution is -2.28. The van der Waals surface area contributed by atoms with Crippen LogP contribution in [0, 0.1) is 0 Å². The Bertz CT molecular complexity index is 1120. The molecule has 0 spiro atoms. The van der Waals surface area contributed by atoms with E-state index in [2.05, 4.69) is 5.32 Å². The average Bonchev–Trinajstić information content (AvgIpc) is 3.10. The van der Waals surface area contributed by atoms with Gasteiger partial charge < -0.3 is 19.7 Å². The van der Waals surface area contributed by atoms with E-state index in [0.29, 0.717) is 11.3 Å². The van der Waals surface area contributed by atoms with Crippen LogP contribution in [0.3, 0.4) is 0 Å². The molecule has 0 saturated carbocycles. The Morgan fingerprint density at radius 2 is 1.62 bits per heavy atom. The largest absolute Gasteiger partial charge is 0.457 e. The fourth-order valence-electron chi connectivity index (χ4n) is 3.34. The lowest BCUT2D eigenvalue weighted by atomic mass is 10.1. The van der Waals surface area contributed by atoms with Crippen LogP contribution in [-0.2, 0) is 7.05 Å². The van der Waals surface area contributed by atoms with Crippen molar-refractivity contribution in [3.05, 3.63) is 96.2 Å². The van der Waals surface area contributed by atoms with Gasteiger partial charge in [-0.2, -0.15) is 0 Å². The molecular weight excluding hydrogens is 364 g/mol. The van der Waals surface area contributed by atoms with Crippen LogP contribution in [0.15, 0.2) is 85.1 Å². The highest BCUT2D eigenvalue weighted by atomic mass is 16.5. The summed E-state index contributed by atoms with van der Waals surface area (Å²) < 4.78 is 7.71. The summed E-state index contributed by atoms with van der Waals surface area (Å²) in [5, 5.41) is 14.4. The van der Waals surface area contributed by atoms with Gasteiger partial charge in [0.25, 0.3) is 5.91 Å². The summed E-state index contributed by atoms with van der Waals surface area (Å²) in [6.07, 6.45) is 1.11. The smallest absolute Gasteiger partial charge is 0.251 e. The monoisotopic (exact) mass is 386 g/mol. The molecule has 5 nitrogen and oxygen atoms in total. The second-order valence-corrected chi connectivity index (χ2v) is 6.88. The van der Waals surface area contributed by atoms with Crippen molar-refractivity contribution in [2.24, 2.45) is 7.05 Å². The maximum absolute atomic E-state index is 12.5. The van der Waals surface area contributed by atoms with Gasteiger partial charge in [-0.05, 0) is 42.5 Å². The summed E-state index contributed by atoms with van der Waals surface area (Å²) in [5.74, 6) is 1.15. The van der Waals surface area contributed by atoms with Gasteiger partial charge in [-0.15, -0.1) is 0 Å². The summed E-state index contributed by atoms with van der Waals surface area (Å²) >= 11 is 0. The fraction of sp³-hybridized carbons (Fsp3) is 0.125. The number of rotatable bonds is 6. The van der Waals surface area contributed by atoms with Gasteiger partial charge in [-0.25, -0.2) is 0 Å². The number of aromatic nitrogens is 1. The van der Waals surface area contributed by atoms with Crippen LogP contribution in [0.5, 0.6) is 11.5 Å². The highest BCUT2D eigenvalue weighted by Crippen LogP contribution is 2.26. The Morgan fingerprint density at radius 1 is 0.966 bits per heavy atom. The molecule has 4 aromatic rings. The van der Waals surface area contributed by atoms with E-state index in [9.17, 15) is 9.90 Å². The molecule has 4 rings (SSSR count). The van der Waals surface area contributed by atoms with E-state index >= 15 is 0 Å². The van der Waals surface area contributed by atoms with Crippen molar-refractivity contribution in [1.29, 1.82) is 0 Å². The van der Waals surface area contributed by atoms with Gasteiger partial charge in [0.2, 0.25) is 0 Å². The fourth-order valence-corrected chi connectivity index (χ4v) is 3.34. The molecular formula is C24H22N2O3. The standard InChI is InChI=1S/C24H22N2O3/c1-26-16-21(20-9-5-6-10-22(20)26)23(27)15-25-24(28)17-11-13-19(14-12-17)29-18-7-3-2-4-8-18/h2-14,16,23,27H,15H2,1H3,(H,25,28). The van der Waals surface area contributed by atoms with Crippen LogP contribution >= 0.6 is 0 Å². The van der Waals surface area contributed by atoms with Crippen LogP contribution < -0.4 is 10.1 Å². The highest BCUT2D eigenvalue weighted by molar-refractivity contribution is 5.94. The van der Waals surface area contributed by atoms with Crippen LogP contribution in [0.2, 0.25) is 0 Å². The first-order valence-electron chi connectivity index (χ1n) is 9.45. The van der Waals surface area contributed by atoms with Crippen molar-refractivity contribution in [2.75, 3.05) is 6.54 Å². The number of nitrogens with one attached hydrogen (secondary N) is 1. The molecule has 0 radical (unpaired) electrons. The van der Waals surface area contributed by atoms with Crippen molar-refractivity contribution in [2.45, 2.75) is 6.10 Å². The molecule has 1 aromatic heterocycles. The van der Waals surface area contributed by atoms with Gasteiger partial charge in [-0.3, -0.25) is 4.79 Å². The predicted molar refractivity (Wildman–Crippen MR) is 113 cm³/mol. The highest BCUT2D eigenvalue weighted by Gasteiger charge is 2.16. The number of hydrogen-bond donors (Lipinski definition) is 2. The first kappa shape index (κ1) is 18.8. The number of carbonyl (C=O) groups is 1. The number of para-hydroxylation sites is 2. The maximum atomic E-state index is 12.5. The number of hydrogen-bond acceptors (Lipinski definition) is 3. The maximum Gasteiger partial charge on any atom is 0.251 e. The van der Waals surface area contributed by atoms with E-state index in [1.54, 1.807) is 24.3 Å². The van der Waals surface area contributed by atoms with Crippen LogP contribution in [0.4, 0.5) is 0 Å².